The summed E-state index contributed by atoms with van der Waals surface area (Å²) in [5.41, 5.74) is 1.93. The standard InChI is InChI=1S/C28H31NO5S/c1-32-20-6-5-19-14-22-28(31)10-8-21(35-23(30)7-4-18-9-13-33-16-18)26-27(28,24(19)25(20)34-26)11-12-29(22)15-17-2-3-17/h4-7,9,13,16-17,21-22,26,31H,2-3,8,10-12,14-15H2,1H3/t21?,22-,26?,27+,28?/m1/s1. The number of nitrogens with zero attached hydrogens (tertiary/aromatic N) is 1. The number of hydrogen-bond donors (Lipinski definition) is 1. The number of furan rings is 1. The van der Waals surface area contributed by atoms with Crippen molar-refractivity contribution in [1.29, 1.82) is 0 Å². The largest absolute Gasteiger partial charge is 0.493 e. The second kappa shape index (κ2) is 7.89. The molecule has 3 aliphatic carbocycles. The van der Waals surface area contributed by atoms with Crippen molar-refractivity contribution in [2.75, 3.05) is 20.2 Å². The summed E-state index contributed by atoms with van der Waals surface area (Å²) in [6.07, 6.45) is 12.1. The van der Waals surface area contributed by atoms with Crippen LogP contribution in [0, 0.1) is 5.92 Å². The number of thioether (sulfide) groups is 1. The minimum Gasteiger partial charge on any atom is -0.493 e. The molecule has 6 nitrogen and oxygen atoms in total. The van der Waals surface area contributed by atoms with Crippen LogP contribution in [0.1, 0.15) is 48.8 Å². The van der Waals surface area contributed by atoms with Crippen LogP contribution >= 0.6 is 11.8 Å². The van der Waals surface area contributed by atoms with Gasteiger partial charge in [0.15, 0.2) is 11.5 Å². The highest BCUT2D eigenvalue weighted by molar-refractivity contribution is 8.14. The van der Waals surface area contributed by atoms with E-state index in [1.165, 1.54) is 30.2 Å². The van der Waals surface area contributed by atoms with E-state index in [0.29, 0.717) is 6.42 Å². The first kappa shape index (κ1) is 22.0. The van der Waals surface area contributed by atoms with Gasteiger partial charge in [-0.25, -0.2) is 0 Å². The summed E-state index contributed by atoms with van der Waals surface area (Å²) in [4.78, 5) is 15.5. The van der Waals surface area contributed by atoms with E-state index >= 15 is 0 Å². The summed E-state index contributed by atoms with van der Waals surface area (Å²) >= 11 is 1.35. The third-order valence-corrected chi connectivity index (χ3v) is 10.3. The normalized spacial score (nSPS) is 35.1. The highest BCUT2D eigenvalue weighted by atomic mass is 32.2. The van der Waals surface area contributed by atoms with Crippen LogP contribution in [0.5, 0.6) is 11.5 Å². The molecule has 1 spiro atoms. The van der Waals surface area contributed by atoms with Crippen molar-refractivity contribution in [3.05, 3.63) is 53.5 Å². The quantitative estimate of drug-likeness (QED) is 0.605. The SMILES string of the molecule is COc1ccc2c3c1OC1C(SC(=O)C=Cc4ccoc4)CCC4(O)[C@@H](C2)N(CC2CC2)CC[C@]314. The molecule has 5 aliphatic rings. The number of methoxy groups -OCH3 is 1. The first-order chi connectivity index (χ1) is 17.0. The minimum atomic E-state index is -0.859. The average molecular weight is 494 g/mol. The molecule has 0 radical (unpaired) electrons. The Morgan fingerprint density at radius 1 is 1.29 bits per heavy atom. The Hall–Kier alpha value is -2.22. The minimum absolute atomic E-state index is 0.00307. The average Bonchev–Trinajstić information content (AvgIpc) is 3.36. The van der Waals surface area contributed by atoms with Crippen LogP contribution in [0.15, 0.2) is 41.2 Å². The number of benzene rings is 1. The van der Waals surface area contributed by atoms with Gasteiger partial charge in [-0.15, -0.1) is 0 Å². The Morgan fingerprint density at radius 3 is 2.94 bits per heavy atom. The van der Waals surface area contributed by atoms with Crippen molar-refractivity contribution in [2.24, 2.45) is 5.92 Å². The fourth-order valence-corrected chi connectivity index (χ4v) is 8.52. The number of carbonyl (C=O) groups excluding carboxylic acids is 1. The van der Waals surface area contributed by atoms with Crippen LogP contribution in [-0.4, -0.2) is 58.3 Å². The van der Waals surface area contributed by atoms with Gasteiger partial charge < -0.3 is 19.0 Å². The van der Waals surface area contributed by atoms with Crippen LogP contribution in [0.25, 0.3) is 6.08 Å². The van der Waals surface area contributed by atoms with E-state index in [1.807, 2.05) is 12.1 Å². The summed E-state index contributed by atoms with van der Waals surface area (Å²) in [6.45, 7) is 2.05. The molecular weight excluding hydrogens is 462 g/mol. The molecular formula is C28H31NO5S. The third kappa shape index (κ3) is 3.14. The van der Waals surface area contributed by atoms with E-state index in [0.717, 1.165) is 60.9 Å². The zero-order valence-corrected chi connectivity index (χ0v) is 20.8. The van der Waals surface area contributed by atoms with Gasteiger partial charge in [0, 0.05) is 23.7 Å². The summed E-state index contributed by atoms with van der Waals surface area (Å²) in [5.74, 6) is 2.29. The van der Waals surface area contributed by atoms with Crippen molar-refractivity contribution in [2.45, 2.75) is 66.9 Å². The summed E-state index contributed by atoms with van der Waals surface area (Å²) < 4.78 is 17.6. The predicted octanol–water partition coefficient (Wildman–Crippen LogP) is 4.19. The Kier molecular flexibility index (Phi) is 4.96. The molecule has 184 valence electrons. The van der Waals surface area contributed by atoms with Crippen molar-refractivity contribution < 1.29 is 23.8 Å². The van der Waals surface area contributed by atoms with Gasteiger partial charge in [0.2, 0.25) is 5.12 Å². The molecule has 3 heterocycles. The molecule has 5 atom stereocenters. The molecule has 1 aromatic carbocycles. The van der Waals surface area contributed by atoms with Gasteiger partial charge in [0.25, 0.3) is 0 Å². The molecule has 7 heteroatoms. The molecule has 3 fully saturated rings. The molecule has 1 N–H and O–H groups in total. The van der Waals surface area contributed by atoms with Crippen LogP contribution < -0.4 is 9.47 Å². The molecule has 2 saturated carbocycles. The van der Waals surface area contributed by atoms with Crippen LogP contribution in [0.4, 0.5) is 0 Å². The molecule has 2 aromatic rings. The topological polar surface area (TPSA) is 72.1 Å². The van der Waals surface area contributed by atoms with Crippen LogP contribution in [0.2, 0.25) is 0 Å². The van der Waals surface area contributed by atoms with Crippen molar-refractivity contribution in [3.8, 4) is 11.5 Å². The number of piperidine rings is 1. The van der Waals surface area contributed by atoms with E-state index < -0.39 is 11.0 Å². The Balaban J connectivity index is 1.26. The predicted molar refractivity (Wildman–Crippen MR) is 134 cm³/mol. The van der Waals surface area contributed by atoms with E-state index in [4.69, 9.17) is 13.9 Å². The molecule has 1 saturated heterocycles. The zero-order valence-electron chi connectivity index (χ0n) is 19.9. The maximum atomic E-state index is 13.0. The number of rotatable bonds is 6. The molecule has 2 bridgehead atoms. The highest BCUT2D eigenvalue weighted by Gasteiger charge is 2.73. The lowest BCUT2D eigenvalue weighted by molar-refractivity contribution is -0.184. The Bertz CT molecular complexity index is 1190. The number of ether oxygens (including phenoxy) is 2. The van der Waals surface area contributed by atoms with E-state index in [2.05, 4.69) is 11.0 Å². The molecule has 7 rings (SSSR count). The summed E-state index contributed by atoms with van der Waals surface area (Å²) in [6, 6.07) is 6.11. The fourth-order valence-electron chi connectivity index (χ4n) is 7.43. The third-order valence-electron chi connectivity index (χ3n) is 9.14. The smallest absolute Gasteiger partial charge is 0.212 e. The van der Waals surface area contributed by atoms with E-state index in [9.17, 15) is 9.90 Å². The number of aliphatic hydroxyl groups is 1. The first-order valence-corrected chi connectivity index (χ1v) is 13.7. The van der Waals surface area contributed by atoms with Crippen molar-refractivity contribution in [3.63, 3.8) is 0 Å². The zero-order chi connectivity index (χ0) is 23.8. The van der Waals surface area contributed by atoms with Gasteiger partial charge in [0.1, 0.15) is 6.10 Å². The Labute approximate surface area is 209 Å². The second-order valence-electron chi connectivity index (χ2n) is 10.9. The maximum absolute atomic E-state index is 13.0. The highest BCUT2D eigenvalue weighted by Crippen LogP contribution is 2.66. The van der Waals surface area contributed by atoms with Gasteiger partial charge in [-0.05, 0) is 80.8 Å². The maximum Gasteiger partial charge on any atom is 0.212 e. The first-order valence-electron chi connectivity index (χ1n) is 12.8. The number of hydrogen-bond acceptors (Lipinski definition) is 7. The Morgan fingerprint density at radius 2 is 2.17 bits per heavy atom. The van der Waals surface area contributed by atoms with Gasteiger partial charge in [0.05, 0.1) is 35.9 Å². The van der Waals surface area contributed by atoms with E-state index in [1.54, 1.807) is 31.8 Å². The molecule has 0 amide bonds. The monoisotopic (exact) mass is 493 g/mol. The molecule has 35 heavy (non-hydrogen) atoms. The van der Waals surface area contributed by atoms with Gasteiger partial charge in [-0.2, -0.15) is 0 Å². The lowest BCUT2D eigenvalue weighted by atomic mass is 9.49. The molecule has 3 unspecified atom stereocenters. The number of carbonyl (C=O) groups is 1. The molecule has 2 aliphatic heterocycles. The summed E-state index contributed by atoms with van der Waals surface area (Å²) in [7, 11) is 1.67. The van der Waals surface area contributed by atoms with Crippen molar-refractivity contribution in [1.82, 2.24) is 4.90 Å². The van der Waals surface area contributed by atoms with Crippen LogP contribution in [-0.2, 0) is 16.6 Å². The van der Waals surface area contributed by atoms with Crippen LogP contribution in [0.3, 0.4) is 0 Å². The second-order valence-corrected chi connectivity index (χ2v) is 12.1. The van der Waals surface area contributed by atoms with Gasteiger partial charge in [-0.1, -0.05) is 17.8 Å². The lowest BCUT2D eigenvalue weighted by Crippen LogP contribution is -2.77. The van der Waals surface area contributed by atoms with E-state index in [-0.39, 0.29) is 22.5 Å². The van der Waals surface area contributed by atoms with Gasteiger partial charge >= 0.3 is 0 Å². The molecule has 1 aromatic heterocycles. The number of likely N-dealkylation sites (tertiary alicyclic amines) is 1. The lowest BCUT2D eigenvalue weighted by Gasteiger charge is -2.64. The van der Waals surface area contributed by atoms with Gasteiger partial charge in [-0.3, -0.25) is 9.69 Å². The van der Waals surface area contributed by atoms with Crippen molar-refractivity contribution >= 4 is 23.0 Å². The summed E-state index contributed by atoms with van der Waals surface area (Å²) in [5, 5.41) is 12.5. The fraction of sp³-hybridized carbons (Fsp3) is 0.536.